The molecule has 1 aromatic carbocycles. The first kappa shape index (κ1) is 14.5. The lowest BCUT2D eigenvalue weighted by atomic mass is 10.1. The molecule has 0 unspecified atom stereocenters. The molecular weight excluding hydrogens is 302 g/mol. The number of aromatic nitrogens is 3. The fourth-order valence-corrected chi connectivity index (χ4v) is 3.37. The summed E-state index contributed by atoms with van der Waals surface area (Å²) in [6, 6.07) is 6.20. The van der Waals surface area contributed by atoms with Gasteiger partial charge >= 0.3 is 0 Å². The molecule has 0 amide bonds. The summed E-state index contributed by atoms with van der Waals surface area (Å²) in [5.41, 5.74) is 0.161. The molecule has 0 radical (unpaired) electrons. The van der Waals surface area contributed by atoms with Gasteiger partial charge in [0.1, 0.15) is 11.9 Å². The molecule has 0 spiro atoms. The average Bonchev–Trinajstić information content (AvgIpc) is 3.18. The molecule has 0 bridgehead atoms. The number of hydrogen-bond acceptors (Lipinski definition) is 6. The zero-order valence-corrected chi connectivity index (χ0v) is 12.5. The van der Waals surface area contributed by atoms with Crippen molar-refractivity contribution in [3.8, 4) is 6.07 Å². The van der Waals surface area contributed by atoms with Crippen molar-refractivity contribution in [3.63, 3.8) is 0 Å². The van der Waals surface area contributed by atoms with Crippen molar-refractivity contribution < 1.29 is 4.92 Å². The van der Waals surface area contributed by atoms with Gasteiger partial charge < -0.3 is 0 Å². The number of non-ortho nitro benzene ring substituents is 1. The Hall–Kier alpha value is -2.40. The highest BCUT2D eigenvalue weighted by Crippen LogP contribution is 2.34. The lowest BCUT2D eigenvalue weighted by molar-refractivity contribution is -0.384. The second-order valence-electron chi connectivity index (χ2n) is 5.14. The molecule has 8 heteroatoms. The lowest BCUT2D eigenvalue weighted by Gasteiger charge is -2.02. The first-order valence-electron chi connectivity index (χ1n) is 6.96. The third-order valence-corrected chi connectivity index (χ3v) is 4.66. The third-order valence-electron chi connectivity index (χ3n) is 3.72. The van der Waals surface area contributed by atoms with Gasteiger partial charge in [0.25, 0.3) is 5.69 Å². The summed E-state index contributed by atoms with van der Waals surface area (Å²) in [7, 11) is 0. The van der Waals surface area contributed by atoms with Gasteiger partial charge in [-0.05, 0) is 30.7 Å². The van der Waals surface area contributed by atoms with E-state index in [0.717, 1.165) is 18.7 Å². The van der Waals surface area contributed by atoms with E-state index in [4.69, 9.17) is 5.26 Å². The molecule has 1 aliphatic rings. The van der Waals surface area contributed by atoms with Crippen molar-refractivity contribution in [3.05, 3.63) is 39.7 Å². The molecule has 22 heavy (non-hydrogen) atoms. The molecule has 1 aromatic heterocycles. The molecule has 112 valence electrons. The van der Waals surface area contributed by atoms with Crippen LogP contribution in [0.15, 0.2) is 28.3 Å². The van der Waals surface area contributed by atoms with E-state index in [1.54, 1.807) is 6.07 Å². The zero-order valence-electron chi connectivity index (χ0n) is 11.7. The van der Waals surface area contributed by atoms with Crippen LogP contribution in [0.3, 0.4) is 0 Å². The van der Waals surface area contributed by atoms with E-state index in [1.165, 1.54) is 36.7 Å². The molecule has 1 fully saturated rings. The molecule has 7 nitrogen and oxygen atoms in total. The van der Waals surface area contributed by atoms with Gasteiger partial charge in [0.15, 0.2) is 0 Å². The van der Waals surface area contributed by atoms with Crippen molar-refractivity contribution in [2.45, 2.75) is 41.7 Å². The first-order valence-corrected chi connectivity index (χ1v) is 7.77. The summed E-state index contributed by atoms with van der Waals surface area (Å²) < 4.78 is 0. The van der Waals surface area contributed by atoms with Crippen molar-refractivity contribution in [1.29, 1.82) is 5.26 Å². The van der Waals surface area contributed by atoms with Crippen LogP contribution in [0.5, 0.6) is 0 Å². The fourth-order valence-electron chi connectivity index (χ4n) is 2.59. The van der Waals surface area contributed by atoms with Crippen LogP contribution in [0.2, 0.25) is 0 Å². The number of nitrogens with zero attached hydrogens (tertiary/aromatic N) is 4. The molecule has 3 rings (SSSR count). The highest BCUT2D eigenvalue weighted by Gasteiger charge is 2.21. The van der Waals surface area contributed by atoms with Crippen molar-refractivity contribution in [2.75, 3.05) is 0 Å². The summed E-state index contributed by atoms with van der Waals surface area (Å²) in [6.45, 7) is 0. The van der Waals surface area contributed by atoms with Gasteiger partial charge in [-0.15, -0.1) is 5.10 Å². The Balaban J connectivity index is 1.81. The van der Waals surface area contributed by atoms with E-state index in [1.807, 2.05) is 6.07 Å². The van der Waals surface area contributed by atoms with Gasteiger partial charge in [-0.1, -0.05) is 12.8 Å². The Labute approximate surface area is 130 Å². The molecule has 1 heterocycles. The molecular formula is C14H13N5O2S. The van der Waals surface area contributed by atoms with Gasteiger partial charge in [0.05, 0.1) is 10.5 Å². The van der Waals surface area contributed by atoms with Crippen LogP contribution >= 0.6 is 11.8 Å². The highest BCUT2D eigenvalue weighted by molar-refractivity contribution is 7.99. The number of nitriles is 1. The number of aromatic amines is 1. The Bertz CT molecular complexity index is 746. The predicted octanol–water partition coefficient (Wildman–Crippen LogP) is 3.39. The topological polar surface area (TPSA) is 108 Å². The van der Waals surface area contributed by atoms with Crippen molar-refractivity contribution in [2.24, 2.45) is 0 Å². The normalized spacial score (nSPS) is 14.9. The fraction of sp³-hybridized carbons (Fsp3) is 0.357. The Kier molecular flexibility index (Phi) is 4.06. The molecule has 0 saturated heterocycles. The number of nitro benzene ring substituents is 1. The van der Waals surface area contributed by atoms with Crippen LogP contribution in [-0.4, -0.2) is 20.1 Å². The summed E-state index contributed by atoms with van der Waals surface area (Å²) in [5.74, 6) is 1.33. The van der Waals surface area contributed by atoms with Crippen LogP contribution in [0.25, 0.3) is 0 Å². The van der Waals surface area contributed by atoms with E-state index in [9.17, 15) is 10.1 Å². The Morgan fingerprint density at radius 3 is 2.86 bits per heavy atom. The van der Waals surface area contributed by atoms with Gasteiger partial charge in [-0.25, -0.2) is 4.98 Å². The maximum atomic E-state index is 10.7. The molecule has 0 aliphatic heterocycles. The van der Waals surface area contributed by atoms with Crippen LogP contribution in [0, 0.1) is 21.4 Å². The van der Waals surface area contributed by atoms with Crippen LogP contribution in [0.1, 0.15) is 43.0 Å². The molecule has 2 aromatic rings. The standard InChI is InChI=1S/C14H13N5O2S/c15-8-10-7-11(19(20)21)5-6-12(10)22-14-16-13(17-18-14)9-3-1-2-4-9/h5-7,9H,1-4H2,(H,16,17,18). The number of benzene rings is 1. The number of H-pyrrole nitrogens is 1. The van der Waals surface area contributed by atoms with Gasteiger partial charge in [-0.3, -0.25) is 15.2 Å². The molecule has 1 saturated carbocycles. The Morgan fingerprint density at radius 1 is 1.41 bits per heavy atom. The van der Waals surface area contributed by atoms with Gasteiger partial charge in [0.2, 0.25) is 5.16 Å². The number of nitrogens with one attached hydrogen (secondary N) is 1. The summed E-state index contributed by atoms with van der Waals surface area (Å²) in [5, 5.41) is 27.6. The molecule has 1 N–H and O–H groups in total. The van der Waals surface area contributed by atoms with Crippen LogP contribution < -0.4 is 0 Å². The summed E-state index contributed by atoms with van der Waals surface area (Å²) in [4.78, 5) is 15.3. The second-order valence-corrected chi connectivity index (χ2v) is 6.15. The smallest absolute Gasteiger partial charge is 0.262 e. The van der Waals surface area contributed by atoms with Gasteiger partial charge in [0, 0.05) is 22.9 Å². The molecule has 1 aliphatic carbocycles. The van der Waals surface area contributed by atoms with E-state index >= 15 is 0 Å². The zero-order chi connectivity index (χ0) is 15.5. The monoisotopic (exact) mass is 315 g/mol. The quantitative estimate of drug-likeness (QED) is 0.684. The highest BCUT2D eigenvalue weighted by atomic mass is 32.2. The van der Waals surface area contributed by atoms with Crippen molar-refractivity contribution in [1.82, 2.24) is 15.2 Å². The number of rotatable bonds is 4. The SMILES string of the molecule is N#Cc1cc([N+](=O)[O-])ccc1Sc1n[nH]c(C2CCCC2)n1. The van der Waals surface area contributed by atoms with Crippen LogP contribution in [0.4, 0.5) is 5.69 Å². The second kappa shape index (κ2) is 6.15. The summed E-state index contributed by atoms with van der Waals surface area (Å²) in [6.07, 6.45) is 4.68. The first-order chi connectivity index (χ1) is 10.7. The minimum Gasteiger partial charge on any atom is -0.262 e. The number of hydrogen-bond donors (Lipinski definition) is 1. The van der Waals surface area contributed by atoms with Gasteiger partial charge in [-0.2, -0.15) is 5.26 Å². The maximum Gasteiger partial charge on any atom is 0.270 e. The minimum atomic E-state index is -0.514. The van der Waals surface area contributed by atoms with E-state index < -0.39 is 4.92 Å². The minimum absolute atomic E-state index is 0.0949. The number of nitro groups is 1. The predicted molar refractivity (Wildman–Crippen MR) is 79.5 cm³/mol. The van der Waals surface area contributed by atoms with Crippen molar-refractivity contribution >= 4 is 17.4 Å². The van der Waals surface area contributed by atoms with E-state index in [0.29, 0.717) is 16.0 Å². The maximum absolute atomic E-state index is 10.7. The van der Waals surface area contributed by atoms with Crippen LogP contribution in [-0.2, 0) is 0 Å². The average molecular weight is 315 g/mol. The Morgan fingerprint density at radius 2 is 2.18 bits per heavy atom. The third kappa shape index (κ3) is 2.94. The van der Waals surface area contributed by atoms with E-state index in [2.05, 4.69) is 15.2 Å². The lowest BCUT2D eigenvalue weighted by Crippen LogP contribution is -1.94. The summed E-state index contributed by atoms with van der Waals surface area (Å²) >= 11 is 1.24. The van der Waals surface area contributed by atoms with E-state index in [-0.39, 0.29) is 11.3 Å². The largest absolute Gasteiger partial charge is 0.270 e. The molecule has 0 atom stereocenters.